The molecule has 1 heterocycles. The van der Waals surface area contributed by atoms with E-state index in [0.29, 0.717) is 54.9 Å². The maximum absolute atomic E-state index is 13.9. The molecule has 0 spiro atoms. The first kappa shape index (κ1) is 32.4. The lowest BCUT2D eigenvalue weighted by atomic mass is 9.96. The maximum Gasteiger partial charge on any atom is 0.282 e. The first-order valence-electron chi connectivity index (χ1n) is 14.4. The number of nitrogens with zero attached hydrogens (tertiary/aromatic N) is 3. The van der Waals surface area contributed by atoms with E-state index in [0.717, 1.165) is 22.4 Å². The van der Waals surface area contributed by atoms with Gasteiger partial charge < -0.3 is 14.2 Å². The normalized spacial score (nSPS) is 11.5. The summed E-state index contributed by atoms with van der Waals surface area (Å²) in [6, 6.07) is 19.2. The molecule has 0 aliphatic rings. The minimum atomic E-state index is -0.337. The minimum Gasteiger partial charge on any atom is -0.496 e. The lowest BCUT2D eigenvalue weighted by molar-refractivity contribution is 0.267. The van der Waals surface area contributed by atoms with Gasteiger partial charge in [-0.1, -0.05) is 38.1 Å². The number of hydrogen-bond donors (Lipinski definition) is 0. The van der Waals surface area contributed by atoms with E-state index in [2.05, 4.69) is 45.7 Å². The number of fused-ring (bicyclic) bond motifs is 1. The van der Waals surface area contributed by atoms with Crippen molar-refractivity contribution in [3.05, 3.63) is 114 Å². The molecule has 1 aromatic heterocycles. The molecule has 0 aliphatic heterocycles. The Labute approximate surface area is 277 Å². The van der Waals surface area contributed by atoms with E-state index in [9.17, 15) is 9.18 Å². The van der Waals surface area contributed by atoms with Crippen molar-refractivity contribution in [1.82, 2.24) is 9.66 Å². The van der Waals surface area contributed by atoms with Crippen LogP contribution in [0.4, 0.5) is 4.39 Å². The largest absolute Gasteiger partial charge is 0.496 e. The molecule has 0 N–H and O–H groups in total. The predicted molar refractivity (Wildman–Crippen MR) is 184 cm³/mol. The highest BCUT2D eigenvalue weighted by molar-refractivity contribution is 9.13. The maximum atomic E-state index is 13.9. The summed E-state index contributed by atoms with van der Waals surface area (Å²) in [5, 5.41) is 5.14. The van der Waals surface area contributed by atoms with Crippen molar-refractivity contribution in [3.63, 3.8) is 0 Å². The first-order chi connectivity index (χ1) is 21.6. The Kier molecular flexibility index (Phi) is 10.0. The molecule has 5 rings (SSSR count). The second kappa shape index (κ2) is 14.0. The highest BCUT2D eigenvalue weighted by atomic mass is 79.9. The molecule has 5 aromatic rings. The Hall–Kier alpha value is -4.02. The molecule has 0 fully saturated rings. The molecular formula is C35H32Br2FN3O4. The number of ether oxygens (including phenoxy) is 3. The van der Waals surface area contributed by atoms with Crippen molar-refractivity contribution in [2.75, 3.05) is 13.7 Å². The van der Waals surface area contributed by atoms with Crippen LogP contribution in [0.3, 0.4) is 0 Å². The highest BCUT2D eigenvalue weighted by Crippen LogP contribution is 2.43. The summed E-state index contributed by atoms with van der Waals surface area (Å²) >= 11 is 7.28. The molecule has 232 valence electrons. The monoisotopic (exact) mass is 735 g/mol. The van der Waals surface area contributed by atoms with Gasteiger partial charge in [-0.3, -0.25) is 4.79 Å². The van der Waals surface area contributed by atoms with Gasteiger partial charge >= 0.3 is 0 Å². The molecule has 0 aliphatic carbocycles. The molecule has 0 atom stereocenters. The van der Waals surface area contributed by atoms with Crippen LogP contribution in [0.15, 0.2) is 85.6 Å². The Morgan fingerprint density at radius 3 is 2.49 bits per heavy atom. The van der Waals surface area contributed by atoms with Gasteiger partial charge in [-0.05, 0) is 111 Å². The Morgan fingerprint density at radius 1 is 1.00 bits per heavy atom. The molecule has 0 unspecified atom stereocenters. The Bertz CT molecular complexity index is 1970. The van der Waals surface area contributed by atoms with Crippen LogP contribution in [0.5, 0.6) is 17.2 Å². The van der Waals surface area contributed by atoms with Crippen LogP contribution in [-0.2, 0) is 6.61 Å². The second-order valence-corrected chi connectivity index (χ2v) is 12.2. The molecular weight excluding hydrogens is 705 g/mol. The third kappa shape index (κ3) is 6.82. The van der Waals surface area contributed by atoms with Crippen molar-refractivity contribution < 1.29 is 18.6 Å². The van der Waals surface area contributed by atoms with Gasteiger partial charge in [0.2, 0.25) is 0 Å². The number of aryl methyl sites for hydroxylation is 1. The summed E-state index contributed by atoms with van der Waals surface area (Å²) in [6.45, 7) is 8.53. The Morgan fingerprint density at radius 2 is 1.78 bits per heavy atom. The van der Waals surface area contributed by atoms with Gasteiger partial charge in [0.25, 0.3) is 5.56 Å². The number of aromatic nitrogens is 2. The molecule has 4 aromatic carbocycles. The molecule has 0 radical (unpaired) electrons. The van der Waals surface area contributed by atoms with E-state index in [-0.39, 0.29) is 23.9 Å². The van der Waals surface area contributed by atoms with Gasteiger partial charge in [0, 0.05) is 15.6 Å². The van der Waals surface area contributed by atoms with Crippen molar-refractivity contribution in [1.29, 1.82) is 0 Å². The standard InChI is InChI=1S/C35H32Br2FN3O4/c1-6-44-30-16-23(31(36)32(37)33(30)45-19-22-10-9-11-24(38)15-22)18-39-41-34(40-28-13-8-7-12-25(28)35(41)42)27-17-26(20(2)3)29(43-5)14-21(27)4/h7-18,20H,6,19H2,1-5H3. The van der Waals surface area contributed by atoms with Crippen molar-refractivity contribution in [3.8, 4) is 28.6 Å². The van der Waals surface area contributed by atoms with Crippen LogP contribution in [0.1, 0.15) is 48.9 Å². The van der Waals surface area contributed by atoms with Crippen molar-refractivity contribution >= 4 is 49.0 Å². The number of halogens is 3. The van der Waals surface area contributed by atoms with Crippen LogP contribution in [-0.4, -0.2) is 29.6 Å². The second-order valence-electron chi connectivity index (χ2n) is 10.7. The molecule has 0 bridgehead atoms. The number of benzene rings is 4. The summed E-state index contributed by atoms with van der Waals surface area (Å²) in [6.07, 6.45) is 1.58. The predicted octanol–water partition coefficient (Wildman–Crippen LogP) is 9.03. The average molecular weight is 737 g/mol. The van der Waals surface area contributed by atoms with Gasteiger partial charge in [-0.2, -0.15) is 9.78 Å². The van der Waals surface area contributed by atoms with Gasteiger partial charge in [-0.15, -0.1) is 0 Å². The quantitative estimate of drug-likeness (QED) is 0.134. The third-order valence-electron chi connectivity index (χ3n) is 7.23. The third-order valence-corrected chi connectivity index (χ3v) is 9.38. The number of para-hydroxylation sites is 1. The summed E-state index contributed by atoms with van der Waals surface area (Å²) in [4.78, 5) is 18.8. The minimum absolute atomic E-state index is 0.136. The summed E-state index contributed by atoms with van der Waals surface area (Å²) in [7, 11) is 1.65. The molecule has 10 heteroatoms. The topological polar surface area (TPSA) is 74.9 Å². The average Bonchev–Trinajstić information content (AvgIpc) is 3.02. The summed E-state index contributed by atoms with van der Waals surface area (Å²) in [5.41, 5.74) is 4.24. The van der Waals surface area contributed by atoms with Crippen LogP contribution >= 0.6 is 31.9 Å². The fraction of sp³-hybridized carbons (Fsp3) is 0.229. The zero-order valence-corrected chi connectivity index (χ0v) is 28.7. The van der Waals surface area contributed by atoms with Gasteiger partial charge in [0.15, 0.2) is 17.3 Å². The van der Waals surface area contributed by atoms with E-state index >= 15 is 0 Å². The highest BCUT2D eigenvalue weighted by Gasteiger charge is 2.20. The van der Waals surface area contributed by atoms with E-state index in [1.165, 1.54) is 16.8 Å². The van der Waals surface area contributed by atoms with Crippen LogP contribution in [0, 0.1) is 12.7 Å². The van der Waals surface area contributed by atoms with E-state index in [4.69, 9.17) is 24.3 Å². The summed E-state index contributed by atoms with van der Waals surface area (Å²) < 4.78 is 33.9. The molecule has 7 nitrogen and oxygen atoms in total. The molecule has 45 heavy (non-hydrogen) atoms. The zero-order chi connectivity index (χ0) is 32.2. The van der Waals surface area contributed by atoms with E-state index in [1.807, 2.05) is 38.1 Å². The van der Waals surface area contributed by atoms with Crippen LogP contribution in [0.25, 0.3) is 22.3 Å². The van der Waals surface area contributed by atoms with Crippen LogP contribution in [0.2, 0.25) is 0 Å². The van der Waals surface area contributed by atoms with Crippen LogP contribution < -0.4 is 19.8 Å². The summed E-state index contributed by atoms with van der Waals surface area (Å²) in [5.74, 6) is 1.94. The first-order valence-corrected chi connectivity index (χ1v) is 16.0. The fourth-order valence-corrected chi connectivity index (χ4v) is 5.91. The number of methoxy groups -OCH3 is 1. The van der Waals surface area contributed by atoms with Gasteiger partial charge in [0.1, 0.15) is 18.2 Å². The zero-order valence-electron chi connectivity index (χ0n) is 25.5. The van der Waals surface area contributed by atoms with E-state index in [1.54, 1.807) is 43.7 Å². The van der Waals surface area contributed by atoms with Crippen molar-refractivity contribution in [2.24, 2.45) is 5.10 Å². The Balaban J connectivity index is 1.63. The van der Waals surface area contributed by atoms with Crippen molar-refractivity contribution in [2.45, 2.75) is 40.2 Å². The SMILES string of the molecule is CCOc1cc(C=Nn2c(-c3cc(C(C)C)c(OC)cc3C)nc3ccccc3c2=O)c(Br)c(Br)c1OCc1cccc(F)c1. The lowest BCUT2D eigenvalue weighted by Gasteiger charge is -2.18. The molecule has 0 saturated carbocycles. The number of rotatable bonds is 10. The lowest BCUT2D eigenvalue weighted by Crippen LogP contribution is -2.21. The number of hydrogen-bond acceptors (Lipinski definition) is 6. The smallest absolute Gasteiger partial charge is 0.282 e. The van der Waals surface area contributed by atoms with E-state index < -0.39 is 0 Å². The van der Waals surface area contributed by atoms with Gasteiger partial charge in [0.05, 0.1) is 35.3 Å². The molecule has 0 amide bonds. The van der Waals surface area contributed by atoms with Gasteiger partial charge in [-0.25, -0.2) is 9.37 Å². The fourth-order valence-electron chi connectivity index (χ4n) is 4.97. The molecule has 0 saturated heterocycles.